The third-order valence-corrected chi connectivity index (χ3v) is 3.35. The first kappa shape index (κ1) is 7.39. The summed E-state index contributed by atoms with van der Waals surface area (Å²) in [7, 11) is 0. The van der Waals surface area contributed by atoms with Crippen molar-refractivity contribution < 1.29 is 0 Å². The van der Waals surface area contributed by atoms with Crippen LogP contribution in [0.25, 0.3) is 0 Å². The van der Waals surface area contributed by atoms with Crippen LogP contribution in [-0.2, 0) is 0 Å². The van der Waals surface area contributed by atoms with Crippen molar-refractivity contribution in [3.8, 4) is 0 Å². The lowest BCUT2D eigenvalue weighted by Gasteiger charge is -2.32. The highest BCUT2D eigenvalue weighted by atomic mass is 14.4. The molecule has 0 amide bonds. The van der Waals surface area contributed by atoms with Crippen molar-refractivity contribution in [2.45, 2.75) is 46.5 Å². The lowest BCUT2D eigenvalue weighted by molar-refractivity contribution is 0.272. The Morgan fingerprint density at radius 1 is 1.09 bits per heavy atom. The molecule has 62 valence electrons. The third-order valence-electron chi connectivity index (χ3n) is 3.35. The summed E-state index contributed by atoms with van der Waals surface area (Å²) < 4.78 is 0. The monoisotopic (exact) mass is 150 g/mol. The Balaban J connectivity index is 2.19. The SMILES string of the molecule is CC(C)(C)[C@@H]1CCC2=C1CC2. The van der Waals surface area contributed by atoms with E-state index in [1.165, 1.54) is 25.7 Å². The van der Waals surface area contributed by atoms with Gasteiger partial charge in [0.15, 0.2) is 0 Å². The Morgan fingerprint density at radius 3 is 2.09 bits per heavy atom. The van der Waals surface area contributed by atoms with Gasteiger partial charge in [0, 0.05) is 0 Å². The molecule has 2 rings (SSSR count). The topological polar surface area (TPSA) is 0 Å². The largest absolute Gasteiger partial charge is 0.0704 e. The molecule has 2 aliphatic carbocycles. The lowest BCUT2D eigenvalue weighted by Crippen LogP contribution is -2.21. The minimum Gasteiger partial charge on any atom is -0.0704 e. The highest BCUT2D eigenvalue weighted by Crippen LogP contribution is 2.51. The minimum atomic E-state index is 0.525. The molecule has 0 radical (unpaired) electrons. The summed E-state index contributed by atoms with van der Waals surface area (Å²) in [5.41, 5.74) is 4.17. The fourth-order valence-electron chi connectivity index (χ4n) is 2.60. The smallest absolute Gasteiger partial charge is 0.0149 e. The highest BCUT2D eigenvalue weighted by molar-refractivity contribution is 5.32. The summed E-state index contributed by atoms with van der Waals surface area (Å²) in [6, 6.07) is 0. The fraction of sp³-hybridized carbons (Fsp3) is 0.818. The maximum atomic E-state index is 2.38. The van der Waals surface area contributed by atoms with Gasteiger partial charge in [0.2, 0.25) is 0 Å². The van der Waals surface area contributed by atoms with E-state index in [1.807, 2.05) is 11.1 Å². The van der Waals surface area contributed by atoms with Crippen LogP contribution in [0.4, 0.5) is 0 Å². The Morgan fingerprint density at radius 2 is 1.82 bits per heavy atom. The quantitative estimate of drug-likeness (QED) is 0.463. The van der Waals surface area contributed by atoms with Gasteiger partial charge in [-0.15, -0.1) is 0 Å². The van der Waals surface area contributed by atoms with E-state index in [-0.39, 0.29) is 0 Å². The maximum absolute atomic E-state index is 2.38. The van der Waals surface area contributed by atoms with Crippen LogP contribution in [0.3, 0.4) is 0 Å². The standard InChI is InChI=1S/C11H18/c1-11(2,3)10-7-5-8-4-6-9(8)10/h10H,4-7H2,1-3H3/t10-/m1/s1. The van der Waals surface area contributed by atoms with Crippen molar-refractivity contribution in [3.05, 3.63) is 11.1 Å². The molecule has 0 nitrogen and oxygen atoms in total. The zero-order chi connectivity index (χ0) is 8.06. The highest BCUT2D eigenvalue weighted by Gasteiger charge is 2.37. The maximum Gasteiger partial charge on any atom is -0.0149 e. The van der Waals surface area contributed by atoms with Gasteiger partial charge in [-0.05, 0) is 37.0 Å². The van der Waals surface area contributed by atoms with Crippen LogP contribution in [0.1, 0.15) is 46.5 Å². The van der Waals surface area contributed by atoms with Crippen molar-refractivity contribution in [1.82, 2.24) is 0 Å². The number of hydrogen-bond donors (Lipinski definition) is 0. The third kappa shape index (κ3) is 1.04. The van der Waals surface area contributed by atoms with Gasteiger partial charge in [-0.3, -0.25) is 0 Å². The van der Waals surface area contributed by atoms with Crippen molar-refractivity contribution in [1.29, 1.82) is 0 Å². The molecule has 0 aromatic carbocycles. The summed E-state index contributed by atoms with van der Waals surface area (Å²) in [6.45, 7) is 7.14. The second-order valence-corrected chi connectivity index (χ2v) is 5.09. The second kappa shape index (κ2) is 2.12. The molecule has 0 heterocycles. The van der Waals surface area contributed by atoms with E-state index in [9.17, 15) is 0 Å². The van der Waals surface area contributed by atoms with Crippen molar-refractivity contribution in [2.75, 3.05) is 0 Å². The number of hydrogen-bond acceptors (Lipinski definition) is 0. The first-order valence-electron chi connectivity index (χ1n) is 4.80. The molecule has 0 spiro atoms. The van der Waals surface area contributed by atoms with Crippen LogP contribution < -0.4 is 0 Å². The van der Waals surface area contributed by atoms with Gasteiger partial charge >= 0.3 is 0 Å². The van der Waals surface area contributed by atoms with Gasteiger partial charge in [-0.2, -0.15) is 0 Å². The molecule has 0 aromatic heterocycles. The van der Waals surface area contributed by atoms with Crippen LogP contribution >= 0.6 is 0 Å². The van der Waals surface area contributed by atoms with Gasteiger partial charge in [0.05, 0.1) is 0 Å². The Hall–Kier alpha value is -0.260. The van der Waals surface area contributed by atoms with Gasteiger partial charge in [0.1, 0.15) is 0 Å². The molecule has 0 heteroatoms. The normalized spacial score (nSPS) is 30.3. The first-order chi connectivity index (χ1) is 5.09. The summed E-state index contributed by atoms with van der Waals surface area (Å²) in [5, 5.41) is 0. The van der Waals surface area contributed by atoms with Crippen LogP contribution in [0.2, 0.25) is 0 Å². The van der Waals surface area contributed by atoms with Crippen molar-refractivity contribution >= 4 is 0 Å². The zero-order valence-corrected chi connectivity index (χ0v) is 7.91. The lowest BCUT2D eigenvalue weighted by atomic mass is 9.73. The van der Waals surface area contributed by atoms with Gasteiger partial charge in [0.25, 0.3) is 0 Å². The van der Waals surface area contributed by atoms with E-state index in [4.69, 9.17) is 0 Å². The molecule has 0 aromatic rings. The second-order valence-electron chi connectivity index (χ2n) is 5.09. The summed E-state index contributed by atoms with van der Waals surface area (Å²) in [6.07, 6.45) is 5.69. The van der Waals surface area contributed by atoms with E-state index >= 15 is 0 Å². The molecule has 0 aliphatic heterocycles. The molecule has 2 aliphatic rings. The molecule has 0 unspecified atom stereocenters. The summed E-state index contributed by atoms with van der Waals surface area (Å²) in [4.78, 5) is 0. The van der Waals surface area contributed by atoms with Crippen molar-refractivity contribution in [3.63, 3.8) is 0 Å². The van der Waals surface area contributed by atoms with E-state index < -0.39 is 0 Å². The average molecular weight is 150 g/mol. The van der Waals surface area contributed by atoms with Gasteiger partial charge < -0.3 is 0 Å². The van der Waals surface area contributed by atoms with Crippen LogP contribution in [-0.4, -0.2) is 0 Å². The Kier molecular flexibility index (Phi) is 1.42. The molecular formula is C11H18. The van der Waals surface area contributed by atoms with Gasteiger partial charge in [-0.25, -0.2) is 0 Å². The minimum absolute atomic E-state index is 0.525. The van der Waals surface area contributed by atoms with E-state index in [0.717, 1.165) is 5.92 Å². The fourth-order valence-corrected chi connectivity index (χ4v) is 2.60. The molecule has 0 N–H and O–H groups in total. The predicted octanol–water partition coefficient (Wildman–Crippen LogP) is 3.53. The van der Waals surface area contributed by atoms with E-state index in [1.54, 1.807) is 0 Å². The van der Waals surface area contributed by atoms with E-state index in [0.29, 0.717) is 5.41 Å². The first-order valence-corrected chi connectivity index (χ1v) is 4.80. The predicted molar refractivity (Wildman–Crippen MR) is 48.4 cm³/mol. The van der Waals surface area contributed by atoms with Crippen LogP contribution in [0.5, 0.6) is 0 Å². The Bertz CT molecular complexity index is 203. The molecule has 0 fully saturated rings. The molecule has 11 heavy (non-hydrogen) atoms. The summed E-state index contributed by atoms with van der Waals surface area (Å²) in [5.74, 6) is 0.922. The zero-order valence-electron chi connectivity index (χ0n) is 7.91. The molecular weight excluding hydrogens is 132 g/mol. The van der Waals surface area contributed by atoms with Crippen LogP contribution in [0, 0.1) is 11.3 Å². The molecule has 1 atom stereocenters. The molecule has 0 saturated heterocycles. The number of allylic oxidation sites excluding steroid dienone is 2. The molecule has 0 saturated carbocycles. The van der Waals surface area contributed by atoms with Gasteiger partial charge in [-0.1, -0.05) is 31.9 Å². The summed E-state index contributed by atoms with van der Waals surface area (Å²) >= 11 is 0. The molecule has 0 bridgehead atoms. The van der Waals surface area contributed by atoms with E-state index in [2.05, 4.69) is 20.8 Å². The van der Waals surface area contributed by atoms with Crippen LogP contribution in [0.15, 0.2) is 11.1 Å². The number of rotatable bonds is 0. The Labute approximate surface area is 69.7 Å². The average Bonchev–Trinajstić information content (AvgIpc) is 2.05. The van der Waals surface area contributed by atoms with Crippen molar-refractivity contribution in [2.24, 2.45) is 11.3 Å².